The number of nitrogens with zero attached hydrogens (tertiary/aromatic N) is 5. The zero-order valence-corrected chi connectivity index (χ0v) is 17.7. The number of likely N-dealkylation sites (N-methyl/N-ethyl adjacent to an activating group) is 1. The molecule has 30 heavy (non-hydrogen) atoms. The van der Waals surface area contributed by atoms with E-state index in [1.165, 1.54) is 19.3 Å². The summed E-state index contributed by atoms with van der Waals surface area (Å²) in [5.74, 6) is -0.745. The summed E-state index contributed by atoms with van der Waals surface area (Å²) in [6.07, 6.45) is 11.2. The molecule has 8 heteroatoms. The number of fused-ring (bicyclic) bond motifs is 1. The molecule has 162 valence electrons. The fourth-order valence-corrected chi connectivity index (χ4v) is 5.54. The maximum Gasteiger partial charge on any atom is 0.230 e. The third kappa shape index (κ3) is 3.36. The molecule has 1 aromatic rings. The molecule has 3 saturated heterocycles. The predicted octanol–water partition coefficient (Wildman–Crippen LogP) is 0.609. The maximum absolute atomic E-state index is 13.3. The molecule has 0 radical (unpaired) electrons. The van der Waals surface area contributed by atoms with Gasteiger partial charge in [-0.1, -0.05) is 18.6 Å². The normalized spacial score (nSPS) is 32.8. The second-order valence-corrected chi connectivity index (χ2v) is 9.09. The van der Waals surface area contributed by atoms with E-state index < -0.39 is 17.4 Å². The van der Waals surface area contributed by atoms with E-state index in [-0.39, 0.29) is 17.9 Å². The zero-order chi connectivity index (χ0) is 20.7. The van der Waals surface area contributed by atoms with Gasteiger partial charge in [-0.15, -0.1) is 0 Å². The van der Waals surface area contributed by atoms with E-state index in [1.807, 2.05) is 41.0 Å². The van der Waals surface area contributed by atoms with Gasteiger partial charge in [0.2, 0.25) is 11.8 Å². The van der Waals surface area contributed by atoms with Crippen LogP contribution in [-0.4, -0.2) is 94.3 Å². The van der Waals surface area contributed by atoms with Crippen LogP contribution in [0.1, 0.15) is 19.3 Å². The number of piperidine rings is 1. The Labute approximate surface area is 177 Å². The lowest BCUT2D eigenvalue weighted by Gasteiger charge is -2.29. The van der Waals surface area contributed by atoms with Crippen LogP contribution in [0.3, 0.4) is 0 Å². The first kappa shape index (κ1) is 19.8. The average Bonchev–Trinajstić information content (AvgIpc) is 3.53. The topological polar surface area (TPSA) is 70.9 Å². The Hall–Kier alpha value is -2.19. The molecule has 1 aromatic heterocycles. The van der Waals surface area contributed by atoms with Gasteiger partial charge in [-0.25, -0.2) is 0 Å². The summed E-state index contributed by atoms with van der Waals surface area (Å²) >= 11 is 0. The summed E-state index contributed by atoms with van der Waals surface area (Å²) in [5.41, 5.74) is -0.618. The van der Waals surface area contributed by atoms with Crippen molar-refractivity contribution in [2.45, 2.75) is 37.5 Å². The largest absolute Gasteiger partial charge is 0.360 e. The van der Waals surface area contributed by atoms with Crippen LogP contribution in [0.25, 0.3) is 0 Å². The van der Waals surface area contributed by atoms with Crippen molar-refractivity contribution in [1.29, 1.82) is 0 Å². The number of hydrogen-bond donors (Lipinski definition) is 0. The fourth-order valence-electron chi connectivity index (χ4n) is 5.54. The van der Waals surface area contributed by atoms with Crippen LogP contribution in [0.15, 0.2) is 30.6 Å². The number of likely N-dealkylation sites (tertiary alicyclic amines) is 2. The lowest BCUT2D eigenvalue weighted by atomic mass is 9.76. The minimum absolute atomic E-state index is 0.00499. The van der Waals surface area contributed by atoms with Gasteiger partial charge >= 0.3 is 0 Å². The molecule has 0 saturated carbocycles. The zero-order valence-electron chi connectivity index (χ0n) is 17.7. The molecule has 2 amide bonds. The number of ether oxygens (including phenoxy) is 1. The molecule has 5 heterocycles. The van der Waals surface area contributed by atoms with Crippen LogP contribution in [-0.2, 0) is 20.9 Å². The highest BCUT2D eigenvalue weighted by Crippen LogP contribution is 2.52. The Kier molecular flexibility index (Phi) is 5.14. The Balaban J connectivity index is 1.24. The maximum atomic E-state index is 13.3. The summed E-state index contributed by atoms with van der Waals surface area (Å²) in [7, 11) is 1.81. The third-order valence-electron chi connectivity index (χ3n) is 7.20. The van der Waals surface area contributed by atoms with Crippen LogP contribution >= 0.6 is 0 Å². The minimum atomic E-state index is -0.618. The van der Waals surface area contributed by atoms with E-state index >= 15 is 0 Å². The SMILES string of the molecule is CN(CCn1cccn1)C(=O)[C@@H]1[C@@H]2C=C[C@@]3(CN(CCN4CCCCC4)C(=O)[C@@H]13)O2. The summed E-state index contributed by atoms with van der Waals surface area (Å²) in [4.78, 5) is 32.7. The van der Waals surface area contributed by atoms with Crippen molar-refractivity contribution in [2.24, 2.45) is 11.8 Å². The van der Waals surface area contributed by atoms with Gasteiger partial charge in [0.25, 0.3) is 0 Å². The molecule has 0 aromatic carbocycles. The molecule has 3 fully saturated rings. The van der Waals surface area contributed by atoms with Crippen molar-refractivity contribution >= 4 is 11.8 Å². The van der Waals surface area contributed by atoms with Crippen molar-refractivity contribution in [3.05, 3.63) is 30.6 Å². The number of carbonyl (C=O) groups is 2. The summed E-state index contributed by atoms with van der Waals surface area (Å²) < 4.78 is 8.07. The molecule has 4 aliphatic heterocycles. The molecule has 4 aliphatic rings. The first-order valence-electron chi connectivity index (χ1n) is 11.2. The van der Waals surface area contributed by atoms with Crippen LogP contribution in [0.4, 0.5) is 0 Å². The van der Waals surface area contributed by atoms with E-state index in [1.54, 1.807) is 11.1 Å². The van der Waals surface area contributed by atoms with Crippen molar-refractivity contribution in [2.75, 3.05) is 46.3 Å². The Morgan fingerprint density at radius 1 is 1.27 bits per heavy atom. The summed E-state index contributed by atoms with van der Waals surface area (Å²) in [6.45, 7) is 5.63. The second kappa shape index (κ2) is 7.81. The molecule has 2 bridgehead atoms. The highest BCUT2D eigenvalue weighted by molar-refractivity contribution is 5.93. The van der Waals surface area contributed by atoms with Crippen LogP contribution in [0.5, 0.6) is 0 Å². The number of rotatable bonds is 7. The first-order valence-corrected chi connectivity index (χ1v) is 11.2. The smallest absolute Gasteiger partial charge is 0.230 e. The number of carbonyl (C=O) groups excluding carboxylic acids is 2. The molecule has 8 nitrogen and oxygen atoms in total. The molecule has 5 rings (SSSR count). The molecule has 0 aliphatic carbocycles. The number of hydrogen-bond acceptors (Lipinski definition) is 5. The lowest BCUT2D eigenvalue weighted by molar-refractivity contribution is -0.142. The van der Waals surface area contributed by atoms with Crippen molar-refractivity contribution in [3.63, 3.8) is 0 Å². The van der Waals surface area contributed by atoms with E-state index in [0.29, 0.717) is 19.6 Å². The van der Waals surface area contributed by atoms with Crippen molar-refractivity contribution < 1.29 is 14.3 Å². The van der Waals surface area contributed by atoms with Gasteiger partial charge in [0.05, 0.1) is 31.0 Å². The lowest BCUT2D eigenvalue weighted by Crippen LogP contribution is -2.45. The quantitative estimate of drug-likeness (QED) is 0.613. The monoisotopic (exact) mass is 413 g/mol. The first-order chi connectivity index (χ1) is 14.6. The average molecular weight is 414 g/mol. The molecular formula is C22H31N5O3. The van der Waals surface area contributed by atoms with Crippen molar-refractivity contribution in [1.82, 2.24) is 24.5 Å². The Bertz CT molecular complexity index is 819. The Morgan fingerprint density at radius 3 is 2.87 bits per heavy atom. The van der Waals surface area contributed by atoms with E-state index in [0.717, 1.165) is 26.2 Å². The fraction of sp³-hybridized carbons (Fsp3) is 0.682. The second-order valence-electron chi connectivity index (χ2n) is 9.09. The number of amides is 2. The third-order valence-corrected chi connectivity index (χ3v) is 7.20. The molecular weight excluding hydrogens is 382 g/mol. The van der Waals surface area contributed by atoms with E-state index in [2.05, 4.69) is 10.00 Å². The van der Waals surface area contributed by atoms with E-state index in [9.17, 15) is 9.59 Å². The van der Waals surface area contributed by atoms with Gasteiger partial charge in [0.15, 0.2) is 0 Å². The van der Waals surface area contributed by atoms with E-state index in [4.69, 9.17) is 4.74 Å². The number of aromatic nitrogens is 2. The highest BCUT2D eigenvalue weighted by Gasteiger charge is 2.66. The van der Waals surface area contributed by atoms with Crippen LogP contribution in [0.2, 0.25) is 0 Å². The molecule has 1 spiro atoms. The van der Waals surface area contributed by atoms with Gasteiger partial charge in [-0.05, 0) is 32.0 Å². The predicted molar refractivity (Wildman–Crippen MR) is 110 cm³/mol. The van der Waals surface area contributed by atoms with Gasteiger partial charge in [0, 0.05) is 39.1 Å². The van der Waals surface area contributed by atoms with Crippen LogP contribution < -0.4 is 0 Å². The van der Waals surface area contributed by atoms with Gasteiger partial charge in [0.1, 0.15) is 5.60 Å². The molecule has 0 N–H and O–H groups in total. The van der Waals surface area contributed by atoms with Gasteiger partial charge in [-0.2, -0.15) is 5.10 Å². The standard InChI is InChI=1S/C22H31N5O3/c1-24(12-15-27-11-5-8-23-27)20(28)18-17-6-7-22(30-17)16-26(21(29)19(18)22)14-13-25-9-3-2-4-10-25/h5-8,11,17-19H,2-4,9-10,12-16H2,1H3/t17-,18+,19+,22-/m0/s1. The Morgan fingerprint density at radius 2 is 2.10 bits per heavy atom. The highest BCUT2D eigenvalue weighted by atomic mass is 16.5. The summed E-state index contributed by atoms with van der Waals surface area (Å²) in [5, 5.41) is 4.19. The minimum Gasteiger partial charge on any atom is -0.360 e. The molecule has 4 atom stereocenters. The van der Waals surface area contributed by atoms with Gasteiger partial charge in [-0.3, -0.25) is 14.3 Å². The van der Waals surface area contributed by atoms with Gasteiger partial charge < -0.3 is 19.4 Å². The van der Waals surface area contributed by atoms with Crippen molar-refractivity contribution in [3.8, 4) is 0 Å². The van der Waals surface area contributed by atoms with Crippen LogP contribution in [0, 0.1) is 11.8 Å². The summed E-state index contributed by atoms with van der Waals surface area (Å²) in [6, 6.07) is 1.87. The molecule has 0 unspecified atom stereocenters.